The largest absolute Gasteiger partial charge is 0.496 e. The average molecular weight is 483 g/mol. The minimum atomic E-state index is -0.106. The molecule has 1 aromatic heterocycles. The van der Waals surface area contributed by atoms with E-state index in [2.05, 4.69) is 10.6 Å². The fraction of sp³-hybridized carbons (Fsp3) is 0.346. The average Bonchev–Trinajstić information content (AvgIpc) is 3.44. The molecule has 8 heteroatoms. The quantitative estimate of drug-likeness (QED) is 0.396. The van der Waals surface area contributed by atoms with Crippen molar-refractivity contribution in [2.45, 2.75) is 32.7 Å². The second-order valence-corrected chi connectivity index (χ2v) is 8.95. The van der Waals surface area contributed by atoms with Crippen LogP contribution in [0.3, 0.4) is 0 Å². The molecule has 1 heterocycles. The van der Waals surface area contributed by atoms with Gasteiger partial charge in [0.2, 0.25) is 0 Å². The highest BCUT2D eigenvalue weighted by molar-refractivity contribution is 7.16. The van der Waals surface area contributed by atoms with Gasteiger partial charge in [-0.1, -0.05) is 0 Å². The van der Waals surface area contributed by atoms with Gasteiger partial charge in [0, 0.05) is 28.7 Å². The van der Waals surface area contributed by atoms with Gasteiger partial charge in [-0.3, -0.25) is 4.79 Å². The first-order chi connectivity index (χ1) is 16.6. The zero-order valence-corrected chi connectivity index (χ0v) is 20.8. The Morgan fingerprint density at radius 2 is 1.68 bits per heavy atom. The molecule has 2 aromatic carbocycles. The summed E-state index contributed by atoms with van der Waals surface area (Å²) in [6.45, 7) is 3.03. The van der Waals surface area contributed by atoms with Gasteiger partial charge >= 0.3 is 0 Å². The summed E-state index contributed by atoms with van der Waals surface area (Å²) in [5.41, 5.74) is 3.52. The molecule has 1 aliphatic carbocycles. The van der Waals surface area contributed by atoms with Crippen LogP contribution in [0.1, 0.15) is 39.7 Å². The molecule has 7 nitrogen and oxygen atoms in total. The van der Waals surface area contributed by atoms with Gasteiger partial charge in [-0.2, -0.15) is 0 Å². The molecular formula is C26H30N2O5S. The van der Waals surface area contributed by atoms with Crippen molar-refractivity contribution in [1.29, 1.82) is 0 Å². The number of ether oxygens (including phenoxy) is 4. The normalized spacial score (nSPS) is 12.1. The van der Waals surface area contributed by atoms with Gasteiger partial charge in [0.15, 0.2) is 11.5 Å². The van der Waals surface area contributed by atoms with E-state index >= 15 is 0 Å². The Hall–Kier alpha value is -3.39. The zero-order chi connectivity index (χ0) is 24.1. The maximum Gasteiger partial charge on any atom is 0.258 e. The fourth-order valence-electron chi connectivity index (χ4n) is 4.17. The predicted octanol–water partition coefficient (Wildman–Crippen LogP) is 5.53. The fourth-order valence-corrected chi connectivity index (χ4v) is 5.45. The molecule has 2 N–H and O–H groups in total. The van der Waals surface area contributed by atoms with Crippen LogP contribution in [-0.2, 0) is 19.4 Å². The van der Waals surface area contributed by atoms with E-state index in [1.807, 2.05) is 43.3 Å². The number of rotatable bonds is 10. The molecule has 0 saturated heterocycles. The van der Waals surface area contributed by atoms with Crippen molar-refractivity contribution in [2.24, 2.45) is 0 Å². The lowest BCUT2D eigenvalue weighted by Crippen LogP contribution is -2.15. The molecular weight excluding hydrogens is 452 g/mol. The van der Waals surface area contributed by atoms with E-state index in [4.69, 9.17) is 18.9 Å². The Kier molecular flexibility index (Phi) is 7.47. The van der Waals surface area contributed by atoms with Crippen LogP contribution in [0.4, 0.5) is 10.7 Å². The number of anilines is 2. The molecule has 34 heavy (non-hydrogen) atoms. The summed E-state index contributed by atoms with van der Waals surface area (Å²) in [6.07, 6.45) is 3.00. The number of amides is 1. The maximum atomic E-state index is 13.3. The van der Waals surface area contributed by atoms with Gasteiger partial charge < -0.3 is 29.6 Å². The molecule has 0 radical (unpaired) electrons. The Balaban J connectivity index is 1.57. The number of nitrogens with one attached hydrogen (secondary N) is 2. The number of hydrogen-bond acceptors (Lipinski definition) is 7. The van der Waals surface area contributed by atoms with Gasteiger partial charge in [0.1, 0.15) is 16.5 Å². The van der Waals surface area contributed by atoms with Crippen molar-refractivity contribution in [3.8, 4) is 23.0 Å². The molecule has 0 fully saturated rings. The van der Waals surface area contributed by atoms with Crippen molar-refractivity contribution >= 4 is 27.9 Å². The number of fused-ring (bicyclic) bond motifs is 1. The van der Waals surface area contributed by atoms with Crippen LogP contribution in [0.25, 0.3) is 0 Å². The molecule has 0 bridgehead atoms. The van der Waals surface area contributed by atoms with Crippen LogP contribution in [0.5, 0.6) is 23.0 Å². The van der Waals surface area contributed by atoms with Gasteiger partial charge in [-0.25, -0.2) is 0 Å². The van der Waals surface area contributed by atoms with Crippen molar-refractivity contribution in [3.63, 3.8) is 0 Å². The second-order valence-electron chi connectivity index (χ2n) is 7.85. The minimum absolute atomic E-state index is 0.106. The molecule has 1 amide bonds. The first-order valence-corrected chi connectivity index (χ1v) is 12.1. The van der Waals surface area contributed by atoms with E-state index in [-0.39, 0.29) is 5.91 Å². The van der Waals surface area contributed by atoms with E-state index in [0.717, 1.165) is 52.4 Å². The molecule has 4 rings (SSSR count). The van der Waals surface area contributed by atoms with Crippen molar-refractivity contribution in [1.82, 2.24) is 0 Å². The first-order valence-electron chi connectivity index (χ1n) is 11.3. The Morgan fingerprint density at radius 1 is 0.971 bits per heavy atom. The number of carbonyl (C=O) groups excluding carboxylic acids is 1. The van der Waals surface area contributed by atoms with E-state index in [1.54, 1.807) is 32.7 Å². The van der Waals surface area contributed by atoms with Crippen molar-refractivity contribution in [2.75, 3.05) is 38.6 Å². The van der Waals surface area contributed by atoms with Gasteiger partial charge in [0.25, 0.3) is 5.91 Å². The van der Waals surface area contributed by atoms with E-state index < -0.39 is 0 Å². The third-order valence-electron chi connectivity index (χ3n) is 5.80. The highest BCUT2D eigenvalue weighted by Crippen LogP contribution is 2.41. The molecule has 180 valence electrons. The van der Waals surface area contributed by atoms with E-state index in [1.165, 1.54) is 4.88 Å². The van der Waals surface area contributed by atoms with Crippen molar-refractivity contribution in [3.05, 3.63) is 58.0 Å². The van der Waals surface area contributed by atoms with Crippen LogP contribution in [0.15, 0.2) is 36.4 Å². The van der Waals surface area contributed by atoms with Gasteiger partial charge in [0.05, 0.1) is 33.5 Å². The summed E-state index contributed by atoms with van der Waals surface area (Å²) in [4.78, 5) is 14.6. The first kappa shape index (κ1) is 23.8. The highest BCUT2D eigenvalue weighted by atomic mass is 32.1. The molecule has 0 atom stereocenters. The molecule has 0 saturated carbocycles. The number of aryl methyl sites for hydroxylation is 1. The Labute approximate surface area is 204 Å². The molecule has 0 spiro atoms. The Bertz CT molecular complexity index is 1160. The Morgan fingerprint density at radius 3 is 2.35 bits per heavy atom. The topological polar surface area (TPSA) is 78.1 Å². The minimum Gasteiger partial charge on any atom is -0.496 e. The maximum absolute atomic E-state index is 13.3. The summed E-state index contributed by atoms with van der Waals surface area (Å²) >= 11 is 1.66. The lowest BCUT2D eigenvalue weighted by Gasteiger charge is -2.15. The number of carbonyl (C=O) groups is 1. The van der Waals surface area contributed by atoms with Crippen LogP contribution >= 0.6 is 11.3 Å². The lowest BCUT2D eigenvalue weighted by atomic mass is 10.1. The number of methoxy groups -OCH3 is 3. The highest BCUT2D eigenvalue weighted by Gasteiger charge is 2.27. The summed E-state index contributed by atoms with van der Waals surface area (Å²) in [5, 5.41) is 7.39. The van der Waals surface area contributed by atoms with Crippen LogP contribution < -0.4 is 29.6 Å². The van der Waals surface area contributed by atoms with E-state index in [0.29, 0.717) is 30.4 Å². The van der Waals surface area contributed by atoms with Gasteiger partial charge in [-0.05, 0) is 62.1 Å². The van der Waals surface area contributed by atoms with Crippen LogP contribution in [-0.4, -0.2) is 33.8 Å². The second kappa shape index (κ2) is 10.7. The molecule has 0 unspecified atom stereocenters. The smallest absolute Gasteiger partial charge is 0.258 e. The van der Waals surface area contributed by atoms with Crippen molar-refractivity contribution < 1.29 is 23.7 Å². The zero-order valence-electron chi connectivity index (χ0n) is 19.9. The predicted molar refractivity (Wildman–Crippen MR) is 135 cm³/mol. The summed E-state index contributed by atoms with van der Waals surface area (Å²) in [5.74, 6) is 2.60. The van der Waals surface area contributed by atoms with Gasteiger partial charge in [-0.15, -0.1) is 11.3 Å². The number of benzene rings is 2. The summed E-state index contributed by atoms with van der Waals surface area (Å²) < 4.78 is 21.9. The third-order valence-corrected chi connectivity index (χ3v) is 7.05. The van der Waals surface area contributed by atoms with E-state index in [9.17, 15) is 4.79 Å². The number of hydrogen-bond donors (Lipinski definition) is 2. The van der Waals surface area contributed by atoms with Crippen LogP contribution in [0.2, 0.25) is 0 Å². The van der Waals surface area contributed by atoms with Crippen LogP contribution in [0, 0.1) is 0 Å². The number of thiophene rings is 1. The summed E-state index contributed by atoms with van der Waals surface area (Å²) in [6, 6.07) is 11.1. The monoisotopic (exact) mass is 482 g/mol. The molecule has 0 aliphatic heterocycles. The standard InChI is InChI=1S/C26H30N2O5S/c1-5-33-18-11-9-17(10-12-18)28-25(29)24-19-7-6-8-23(19)34-26(24)27-15-16-13-21(31-3)22(32-4)14-20(16)30-2/h9-14,27H,5-8,15H2,1-4H3,(H,28,29). The molecule has 3 aromatic rings. The SMILES string of the molecule is CCOc1ccc(NC(=O)c2c(NCc3cc(OC)c(OC)cc3OC)sc3c2CCC3)cc1. The molecule has 1 aliphatic rings. The summed E-state index contributed by atoms with van der Waals surface area (Å²) in [7, 11) is 4.83. The third kappa shape index (κ3) is 4.92. The lowest BCUT2D eigenvalue weighted by molar-refractivity contribution is 0.102.